The summed E-state index contributed by atoms with van der Waals surface area (Å²) in [6.07, 6.45) is 6.57. The lowest BCUT2D eigenvalue weighted by Crippen LogP contribution is -2.29. The van der Waals surface area contributed by atoms with Crippen molar-refractivity contribution in [3.63, 3.8) is 0 Å². The number of allylic oxidation sites excluding steroid dienone is 1. The van der Waals surface area contributed by atoms with Crippen LogP contribution >= 0.6 is 0 Å². The van der Waals surface area contributed by atoms with Crippen LogP contribution < -0.4 is 0 Å². The number of fused-ring (bicyclic) bond motifs is 2. The Bertz CT molecular complexity index is 532. The van der Waals surface area contributed by atoms with Gasteiger partial charge in [-0.2, -0.15) is 0 Å². The minimum absolute atomic E-state index is 0.382. The maximum Gasteiger partial charge on any atom is 0.116 e. The topological polar surface area (TPSA) is 23.5 Å². The number of phenolic OH excluding ortho intramolecular Hbond substituents is 1. The highest BCUT2D eigenvalue weighted by atomic mass is 16.3. The van der Waals surface area contributed by atoms with Crippen molar-refractivity contribution in [1.82, 2.24) is 4.90 Å². The average Bonchev–Trinajstić information content (AvgIpc) is 2.79. The fraction of sp³-hybridized carbons (Fsp3) is 0.556. The van der Waals surface area contributed by atoms with Gasteiger partial charge in [0.25, 0.3) is 0 Å². The van der Waals surface area contributed by atoms with Gasteiger partial charge in [0.15, 0.2) is 0 Å². The van der Waals surface area contributed by atoms with Crippen LogP contribution in [0.5, 0.6) is 5.75 Å². The van der Waals surface area contributed by atoms with Crippen molar-refractivity contribution in [2.24, 2.45) is 17.8 Å². The van der Waals surface area contributed by atoms with E-state index < -0.39 is 0 Å². The molecule has 2 unspecified atom stereocenters. The Labute approximate surface area is 122 Å². The van der Waals surface area contributed by atoms with Gasteiger partial charge in [-0.05, 0) is 86.9 Å². The van der Waals surface area contributed by atoms with Crippen LogP contribution in [-0.4, -0.2) is 30.6 Å². The summed E-state index contributed by atoms with van der Waals surface area (Å²) < 4.78 is 0. The molecule has 1 aromatic rings. The van der Waals surface area contributed by atoms with E-state index in [9.17, 15) is 5.11 Å². The molecular formula is C18H25NO. The van der Waals surface area contributed by atoms with Gasteiger partial charge in [-0.15, -0.1) is 0 Å². The first-order valence-electron chi connectivity index (χ1n) is 7.71. The second kappa shape index (κ2) is 5.25. The van der Waals surface area contributed by atoms with E-state index in [0.29, 0.717) is 11.7 Å². The van der Waals surface area contributed by atoms with Crippen molar-refractivity contribution < 1.29 is 5.11 Å². The number of aryl methyl sites for hydroxylation is 1. The van der Waals surface area contributed by atoms with Gasteiger partial charge in [0.2, 0.25) is 0 Å². The summed E-state index contributed by atoms with van der Waals surface area (Å²) in [6.45, 7) is 3.26. The Kier molecular flexibility index (Phi) is 3.59. The Balaban J connectivity index is 2.02. The third-order valence-electron chi connectivity index (χ3n) is 4.99. The maximum absolute atomic E-state index is 9.85. The number of nitrogens with zero attached hydrogens (tertiary/aromatic N) is 1. The number of hydrogen-bond acceptors (Lipinski definition) is 2. The molecule has 0 aromatic heterocycles. The lowest BCUT2D eigenvalue weighted by atomic mass is 9.75. The molecule has 3 rings (SSSR count). The molecular weight excluding hydrogens is 246 g/mol. The van der Waals surface area contributed by atoms with Crippen molar-refractivity contribution in [2.75, 3.05) is 20.6 Å². The third-order valence-corrected chi connectivity index (χ3v) is 4.99. The second-order valence-electron chi connectivity index (χ2n) is 6.82. The predicted octanol–water partition coefficient (Wildman–Crippen LogP) is 3.69. The Morgan fingerprint density at radius 1 is 1.25 bits per heavy atom. The van der Waals surface area contributed by atoms with Gasteiger partial charge in [0, 0.05) is 6.54 Å². The molecule has 0 spiro atoms. The van der Waals surface area contributed by atoms with Crippen LogP contribution in [-0.2, 0) is 0 Å². The first-order valence-corrected chi connectivity index (χ1v) is 7.71. The van der Waals surface area contributed by atoms with Gasteiger partial charge in [-0.3, -0.25) is 0 Å². The standard InChI is InChI=1S/C18H25NO/c1-12-4-7-15(20)10-16(12)17-9-13-5-6-14(8-13)18(17)11-19(2)3/h4,7,9-10,13-14,18,20H,5-6,8,11H2,1-3H3/t13?,14?,18-/m0/s1. The van der Waals surface area contributed by atoms with Gasteiger partial charge < -0.3 is 10.0 Å². The summed E-state index contributed by atoms with van der Waals surface area (Å²) in [5.74, 6) is 2.58. The summed E-state index contributed by atoms with van der Waals surface area (Å²) in [4.78, 5) is 2.30. The number of benzene rings is 1. The largest absolute Gasteiger partial charge is 0.508 e. The molecule has 0 saturated heterocycles. The molecule has 1 N–H and O–H groups in total. The molecule has 2 nitrogen and oxygen atoms in total. The zero-order chi connectivity index (χ0) is 14.3. The highest BCUT2D eigenvalue weighted by Gasteiger charge is 2.37. The quantitative estimate of drug-likeness (QED) is 0.906. The van der Waals surface area contributed by atoms with E-state index in [1.165, 1.54) is 36.0 Å². The van der Waals surface area contributed by atoms with Gasteiger partial charge in [0.05, 0.1) is 0 Å². The van der Waals surface area contributed by atoms with Crippen molar-refractivity contribution in [3.8, 4) is 5.75 Å². The molecule has 2 aliphatic rings. The molecule has 2 heteroatoms. The Hall–Kier alpha value is -1.28. The van der Waals surface area contributed by atoms with Gasteiger partial charge >= 0.3 is 0 Å². The first-order chi connectivity index (χ1) is 9.54. The number of phenols is 1. The molecule has 1 fully saturated rings. The maximum atomic E-state index is 9.85. The van der Waals surface area contributed by atoms with E-state index in [0.717, 1.165) is 18.4 Å². The monoisotopic (exact) mass is 271 g/mol. The molecule has 0 amide bonds. The summed E-state index contributed by atoms with van der Waals surface area (Å²) in [5.41, 5.74) is 4.01. The highest BCUT2D eigenvalue weighted by molar-refractivity contribution is 5.72. The van der Waals surface area contributed by atoms with Crippen molar-refractivity contribution in [2.45, 2.75) is 26.2 Å². The van der Waals surface area contributed by atoms with Crippen molar-refractivity contribution in [3.05, 3.63) is 35.4 Å². The van der Waals surface area contributed by atoms with E-state index in [2.05, 4.69) is 32.0 Å². The van der Waals surface area contributed by atoms with Crippen LogP contribution in [0.15, 0.2) is 24.3 Å². The molecule has 1 aromatic carbocycles. The SMILES string of the molecule is Cc1ccc(O)cc1C1=CC2CCC(C2)[C@@H]1CN(C)C. The normalized spacial score (nSPS) is 28.8. The molecule has 0 heterocycles. The predicted molar refractivity (Wildman–Crippen MR) is 83.7 cm³/mol. The first kappa shape index (κ1) is 13.7. The lowest BCUT2D eigenvalue weighted by molar-refractivity contribution is 0.289. The van der Waals surface area contributed by atoms with Gasteiger partial charge in [-0.25, -0.2) is 0 Å². The minimum Gasteiger partial charge on any atom is -0.508 e. The fourth-order valence-corrected chi connectivity index (χ4v) is 4.05. The molecule has 108 valence electrons. The summed E-state index contributed by atoms with van der Waals surface area (Å²) in [6, 6.07) is 5.78. The summed E-state index contributed by atoms with van der Waals surface area (Å²) >= 11 is 0. The molecule has 1 saturated carbocycles. The highest BCUT2D eigenvalue weighted by Crippen LogP contribution is 2.48. The van der Waals surface area contributed by atoms with Crippen molar-refractivity contribution in [1.29, 1.82) is 0 Å². The zero-order valence-electron chi connectivity index (χ0n) is 12.8. The van der Waals surface area contributed by atoms with Gasteiger partial charge in [-0.1, -0.05) is 12.1 Å². The third kappa shape index (κ3) is 2.49. The van der Waals surface area contributed by atoms with Crippen LogP contribution in [0, 0.1) is 24.7 Å². The van der Waals surface area contributed by atoms with Crippen LogP contribution in [0.1, 0.15) is 30.4 Å². The number of aromatic hydroxyl groups is 1. The molecule has 0 radical (unpaired) electrons. The van der Waals surface area contributed by atoms with Crippen LogP contribution in [0.25, 0.3) is 5.57 Å². The molecule has 20 heavy (non-hydrogen) atoms. The van der Waals surface area contributed by atoms with E-state index in [4.69, 9.17) is 0 Å². The smallest absolute Gasteiger partial charge is 0.116 e. The molecule has 3 atom stereocenters. The average molecular weight is 271 g/mol. The minimum atomic E-state index is 0.382. The summed E-state index contributed by atoms with van der Waals surface area (Å²) in [7, 11) is 4.32. The number of rotatable bonds is 3. The van der Waals surface area contributed by atoms with Crippen LogP contribution in [0.3, 0.4) is 0 Å². The second-order valence-corrected chi connectivity index (χ2v) is 6.82. The molecule has 2 bridgehead atoms. The summed E-state index contributed by atoms with van der Waals surface area (Å²) in [5, 5.41) is 9.85. The number of hydrogen-bond donors (Lipinski definition) is 1. The zero-order valence-corrected chi connectivity index (χ0v) is 12.8. The lowest BCUT2D eigenvalue weighted by Gasteiger charge is -2.33. The fourth-order valence-electron chi connectivity index (χ4n) is 4.05. The van der Waals surface area contributed by atoms with E-state index in [1.54, 1.807) is 6.07 Å². The van der Waals surface area contributed by atoms with E-state index in [-0.39, 0.29) is 0 Å². The van der Waals surface area contributed by atoms with E-state index in [1.807, 2.05) is 12.1 Å². The van der Waals surface area contributed by atoms with E-state index >= 15 is 0 Å². The van der Waals surface area contributed by atoms with Crippen LogP contribution in [0.4, 0.5) is 0 Å². The van der Waals surface area contributed by atoms with Crippen molar-refractivity contribution >= 4 is 5.57 Å². The molecule has 0 aliphatic heterocycles. The Morgan fingerprint density at radius 2 is 2.05 bits per heavy atom. The van der Waals surface area contributed by atoms with Crippen LogP contribution in [0.2, 0.25) is 0 Å². The van der Waals surface area contributed by atoms with Gasteiger partial charge in [0.1, 0.15) is 5.75 Å². The molecule has 2 aliphatic carbocycles. The Morgan fingerprint density at radius 3 is 2.80 bits per heavy atom.